The summed E-state index contributed by atoms with van der Waals surface area (Å²) in [7, 11) is 0. The molecule has 0 saturated heterocycles. The molecule has 0 rings (SSSR count). The molecule has 0 aromatic rings. The molecule has 2 unspecified atom stereocenters. The van der Waals surface area contributed by atoms with Crippen LogP contribution in [0.15, 0.2) is 0 Å². The van der Waals surface area contributed by atoms with Gasteiger partial charge in [0.25, 0.3) is 0 Å². The van der Waals surface area contributed by atoms with Gasteiger partial charge >= 0.3 is 11.9 Å². The maximum absolute atomic E-state index is 11.1. The molecule has 0 fully saturated rings. The third-order valence-corrected chi connectivity index (χ3v) is 3.46. The number of thioether (sulfide) groups is 1. The summed E-state index contributed by atoms with van der Waals surface area (Å²) in [5.74, 6) is -1.12. The fourth-order valence-corrected chi connectivity index (χ4v) is 3.11. The highest BCUT2D eigenvalue weighted by molar-refractivity contribution is 8.17. The van der Waals surface area contributed by atoms with Crippen molar-refractivity contribution in [3.8, 4) is 0 Å². The second-order valence-electron chi connectivity index (χ2n) is 2.72. The summed E-state index contributed by atoms with van der Waals surface area (Å²) >= 11 is 9.45. The van der Waals surface area contributed by atoms with E-state index in [4.69, 9.17) is 9.99 Å². The van der Waals surface area contributed by atoms with Crippen LogP contribution in [0.25, 0.3) is 0 Å². The van der Waals surface area contributed by atoms with Gasteiger partial charge in [-0.15, -0.1) is 11.8 Å². The van der Waals surface area contributed by atoms with Crippen LogP contribution in [-0.2, 0) is 19.2 Å². The van der Waals surface area contributed by atoms with Gasteiger partial charge in [-0.05, 0) is 6.92 Å². The van der Waals surface area contributed by atoms with Gasteiger partial charge in [-0.2, -0.15) is 30.5 Å². The van der Waals surface area contributed by atoms with E-state index in [9.17, 15) is 9.59 Å². The standard InChI is InChI=1S/C8H14O5S3/c1-2-12-5(9)3-7(14)16-8(15)4-6(10)13-11/h7-8,11,14-15H,2-4H2,1H3. The minimum atomic E-state index is -0.774. The largest absolute Gasteiger partial charge is 0.466 e. The Morgan fingerprint density at radius 1 is 1.25 bits per heavy atom. The Labute approximate surface area is 109 Å². The van der Waals surface area contributed by atoms with Crippen LogP contribution in [0.2, 0.25) is 0 Å². The van der Waals surface area contributed by atoms with Gasteiger partial charge in [-0.25, -0.2) is 4.79 Å². The first-order chi connectivity index (χ1) is 7.49. The highest BCUT2D eigenvalue weighted by Gasteiger charge is 2.18. The lowest BCUT2D eigenvalue weighted by Crippen LogP contribution is -2.13. The molecule has 1 N–H and O–H groups in total. The van der Waals surface area contributed by atoms with Crippen molar-refractivity contribution in [2.24, 2.45) is 0 Å². The topological polar surface area (TPSA) is 72.8 Å². The molecular formula is C8H14O5S3. The van der Waals surface area contributed by atoms with Gasteiger partial charge in [0.2, 0.25) is 0 Å². The Bertz CT molecular complexity index is 236. The number of carbonyl (C=O) groups is 2. The lowest BCUT2D eigenvalue weighted by molar-refractivity contribution is -0.233. The molecule has 0 aliphatic rings. The Kier molecular flexibility index (Phi) is 9.00. The summed E-state index contributed by atoms with van der Waals surface area (Å²) in [6.45, 7) is 2.04. The molecule has 0 bridgehead atoms. The second-order valence-corrected chi connectivity index (χ2v) is 6.08. The molecule has 5 nitrogen and oxygen atoms in total. The van der Waals surface area contributed by atoms with Crippen molar-refractivity contribution in [1.29, 1.82) is 0 Å². The zero-order chi connectivity index (χ0) is 12.6. The van der Waals surface area contributed by atoms with Crippen LogP contribution in [0.3, 0.4) is 0 Å². The molecule has 0 aliphatic heterocycles. The zero-order valence-corrected chi connectivity index (χ0v) is 11.3. The average Bonchev–Trinajstić information content (AvgIpc) is 2.16. The highest BCUT2D eigenvalue weighted by Crippen LogP contribution is 2.28. The smallest absolute Gasteiger partial charge is 0.344 e. The molecular weight excluding hydrogens is 272 g/mol. The van der Waals surface area contributed by atoms with Crippen LogP contribution in [0, 0.1) is 0 Å². The maximum atomic E-state index is 11.1. The van der Waals surface area contributed by atoms with Crippen molar-refractivity contribution < 1.29 is 24.5 Å². The molecule has 8 heteroatoms. The van der Waals surface area contributed by atoms with Gasteiger partial charge in [0, 0.05) is 0 Å². The molecule has 2 atom stereocenters. The van der Waals surface area contributed by atoms with Gasteiger partial charge in [-0.1, -0.05) is 0 Å². The minimum Gasteiger partial charge on any atom is -0.466 e. The average molecular weight is 286 g/mol. The van der Waals surface area contributed by atoms with E-state index in [0.29, 0.717) is 6.61 Å². The fourth-order valence-electron chi connectivity index (χ4n) is 0.820. The summed E-state index contributed by atoms with van der Waals surface area (Å²) in [6, 6.07) is 0. The molecule has 0 aromatic carbocycles. The highest BCUT2D eigenvalue weighted by atomic mass is 32.2. The van der Waals surface area contributed by atoms with Crippen molar-refractivity contribution >= 4 is 49.0 Å². The molecule has 0 aromatic heterocycles. The van der Waals surface area contributed by atoms with E-state index >= 15 is 0 Å². The van der Waals surface area contributed by atoms with Crippen LogP contribution < -0.4 is 0 Å². The SMILES string of the molecule is CCOC(=O)CC(S)SC(S)CC(=O)OO. The van der Waals surface area contributed by atoms with E-state index < -0.39 is 10.6 Å². The van der Waals surface area contributed by atoms with E-state index in [1.807, 2.05) is 0 Å². The van der Waals surface area contributed by atoms with Crippen LogP contribution in [0.4, 0.5) is 0 Å². The molecule has 0 spiro atoms. The number of esters is 1. The summed E-state index contributed by atoms with van der Waals surface area (Å²) in [6.07, 6.45) is 0.0665. The van der Waals surface area contributed by atoms with Gasteiger partial charge in [0.05, 0.1) is 28.6 Å². The lowest BCUT2D eigenvalue weighted by atomic mass is 10.5. The Morgan fingerprint density at radius 3 is 2.19 bits per heavy atom. The quantitative estimate of drug-likeness (QED) is 0.217. The van der Waals surface area contributed by atoms with Gasteiger partial charge in [0.15, 0.2) is 0 Å². The number of hydrogen-bond donors (Lipinski definition) is 3. The Hall–Kier alpha value is -0.0500. The predicted molar refractivity (Wildman–Crippen MR) is 67.7 cm³/mol. The van der Waals surface area contributed by atoms with E-state index in [1.165, 1.54) is 11.8 Å². The normalized spacial score (nSPS) is 14.0. The van der Waals surface area contributed by atoms with E-state index in [2.05, 4.69) is 30.1 Å². The summed E-state index contributed by atoms with van der Waals surface area (Å²) in [5, 5.41) is 8.05. The van der Waals surface area contributed by atoms with E-state index in [1.54, 1.807) is 6.92 Å². The van der Waals surface area contributed by atoms with Crippen molar-refractivity contribution in [3.05, 3.63) is 0 Å². The second kappa shape index (κ2) is 9.03. The Balaban J connectivity index is 3.81. The van der Waals surface area contributed by atoms with Gasteiger partial charge in [0.1, 0.15) is 0 Å². The molecule has 94 valence electrons. The van der Waals surface area contributed by atoms with E-state index in [0.717, 1.165) is 0 Å². The lowest BCUT2D eigenvalue weighted by Gasteiger charge is -2.13. The number of rotatable bonds is 7. The summed E-state index contributed by atoms with van der Waals surface area (Å²) in [4.78, 5) is 25.3. The first-order valence-electron chi connectivity index (χ1n) is 4.51. The predicted octanol–water partition coefficient (Wildman–Crippen LogP) is 1.59. The zero-order valence-electron chi connectivity index (χ0n) is 8.66. The van der Waals surface area contributed by atoms with Crippen molar-refractivity contribution in [1.82, 2.24) is 0 Å². The molecule has 0 radical (unpaired) electrons. The van der Waals surface area contributed by atoms with Crippen LogP contribution in [0.5, 0.6) is 0 Å². The van der Waals surface area contributed by atoms with Gasteiger partial charge in [-0.3, -0.25) is 4.79 Å². The van der Waals surface area contributed by atoms with Crippen LogP contribution >= 0.6 is 37.0 Å². The molecule has 16 heavy (non-hydrogen) atoms. The number of carbonyl (C=O) groups excluding carboxylic acids is 2. The summed E-state index contributed by atoms with van der Waals surface area (Å²) in [5.41, 5.74) is 0. The van der Waals surface area contributed by atoms with E-state index in [-0.39, 0.29) is 23.4 Å². The van der Waals surface area contributed by atoms with Crippen LogP contribution in [0.1, 0.15) is 19.8 Å². The van der Waals surface area contributed by atoms with Crippen molar-refractivity contribution in [3.63, 3.8) is 0 Å². The molecule has 0 saturated carbocycles. The van der Waals surface area contributed by atoms with Crippen molar-refractivity contribution in [2.75, 3.05) is 6.61 Å². The third kappa shape index (κ3) is 8.14. The first-order valence-corrected chi connectivity index (χ1v) is 6.48. The molecule has 0 heterocycles. The van der Waals surface area contributed by atoms with Gasteiger partial charge < -0.3 is 9.62 Å². The number of hydrogen-bond acceptors (Lipinski definition) is 8. The van der Waals surface area contributed by atoms with Crippen molar-refractivity contribution in [2.45, 2.75) is 28.9 Å². The number of ether oxygens (including phenoxy) is 1. The molecule has 0 amide bonds. The summed E-state index contributed by atoms with van der Waals surface area (Å²) < 4.78 is 4.03. The Morgan fingerprint density at radius 2 is 1.75 bits per heavy atom. The van der Waals surface area contributed by atoms with Crippen LogP contribution in [-0.4, -0.2) is 33.0 Å². The number of thiol groups is 2. The monoisotopic (exact) mass is 286 g/mol. The third-order valence-electron chi connectivity index (χ3n) is 1.40. The fraction of sp³-hybridized carbons (Fsp3) is 0.750. The first kappa shape index (κ1) is 16.0. The minimum absolute atomic E-state index is 0.0653. The molecule has 0 aliphatic carbocycles. The maximum Gasteiger partial charge on any atom is 0.344 e.